The molecule has 1 saturated carbocycles. The summed E-state index contributed by atoms with van der Waals surface area (Å²) in [6.45, 7) is 0.441. The Morgan fingerprint density at radius 2 is 1.85 bits per heavy atom. The van der Waals surface area contributed by atoms with Crippen LogP contribution in [0.25, 0.3) is 5.69 Å². The molecule has 2 aromatic rings. The van der Waals surface area contributed by atoms with Crippen molar-refractivity contribution in [3.05, 3.63) is 40.4 Å². The molecule has 1 aliphatic carbocycles. The molecule has 27 heavy (non-hydrogen) atoms. The van der Waals surface area contributed by atoms with Crippen molar-refractivity contribution in [3.63, 3.8) is 0 Å². The molecule has 146 valence electrons. The van der Waals surface area contributed by atoms with E-state index < -0.39 is 10.2 Å². The third-order valence-corrected chi connectivity index (χ3v) is 7.53. The van der Waals surface area contributed by atoms with Gasteiger partial charge < -0.3 is 0 Å². The molecule has 1 aliphatic heterocycles. The van der Waals surface area contributed by atoms with Gasteiger partial charge in [-0.15, -0.1) is 10.2 Å². The average Bonchev–Trinajstić information content (AvgIpc) is 2.98. The second-order valence-corrected chi connectivity index (χ2v) is 10.1. The first-order valence-electron chi connectivity index (χ1n) is 9.28. The molecule has 0 saturated heterocycles. The van der Waals surface area contributed by atoms with Crippen LogP contribution in [0.3, 0.4) is 0 Å². The van der Waals surface area contributed by atoms with E-state index in [1.807, 2.05) is 18.2 Å². The summed E-state index contributed by atoms with van der Waals surface area (Å²) in [5.74, 6) is 1.96. The molecule has 0 amide bonds. The number of nitrogens with zero attached hydrogens (tertiary/aromatic N) is 5. The Kier molecular flexibility index (Phi) is 5.00. The molecule has 0 radical (unpaired) electrons. The summed E-state index contributed by atoms with van der Waals surface area (Å²) in [6.07, 6.45) is 5.85. The Bertz CT molecular complexity index is 951. The second kappa shape index (κ2) is 7.16. The van der Waals surface area contributed by atoms with Gasteiger partial charge in [-0.2, -0.15) is 17.0 Å². The van der Waals surface area contributed by atoms with Crippen LogP contribution in [-0.4, -0.2) is 45.9 Å². The minimum absolute atomic E-state index is 0.187. The normalized spacial score (nSPS) is 19.0. The van der Waals surface area contributed by atoms with Crippen molar-refractivity contribution in [2.45, 2.75) is 51.1 Å². The fourth-order valence-electron chi connectivity index (χ4n) is 4.02. The first kappa shape index (κ1) is 18.9. The van der Waals surface area contributed by atoms with Crippen molar-refractivity contribution in [2.24, 2.45) is 0 Å². The maximum absolute atomic E-state index is 12.8. The highest BCUT2D eigenvalue weighted by atomic mass is 35.5. The SMILES string of the molecule is CN(C)S(=O)(=O)N1Cc2cc(Cl)ccc2-n2c(nnc2C2CCCCC2)C1. The number of rotatable bonds is 3. The topological polar surface area (TPSA) is 71.3 Å². The van der Waals surface area contributed by atoms with E-state index >= 15 is 0 Å². The predicted molar refractivity (Wildman–Crippen MR) is 104 cm³/mol. The van der Waals surface area contributed by atoms with Crippen molar-refractivity contribution in [2.75, 3.05) is 14.1 Å². The molecular formula is C18H24ClN5O2S. The van der Waals surface area contributed by atoms with E-state index in [4.69, 9.17) is 11.6 Å². The zero-order valence-electron chi connectivity index (χ0n) is 15.6. The highest BCUT2D eigenvalue weighted by molar-refractivity contribution is 7.86. The number of hydrogen-bond donors (Lipinski definition) is 0. The zero-order valence-corrected chi connectivity index (χ0v) is 17.2. The highest BCUT2D eigenvalue weighted by Gasteiger charge is 2.33. The molecule has 0 spiro atoms. The molecule has 0 atom stereocenters. The van der Waals surface area contributed by atoms with Gasteiger partial charge in [0, 0.05) is 31.6 Å². The first-order valence-corrected chi connectivity index (χ1v) is 11.1. The Hall–Kier alpha value is -1.48. The van der Waals surface area contributed by atoms with Crippen molar-refractivity contribution < 1.29 is 8.42 Å². The fraction of sp³-hybridized carbons (Fsp3) is 0.556. The monoisotopic (exact) mass is 409 g/mol. The van der Waals surface area contributed by atoms with E-state index in [1.165, 1.54) is 42.0 Å². The average molecular weight is 410 g/mol. The van der Waals surface area contributed by atoms with Gasteiger partial charge >= 0.3 is 0 Å². The smallest absolute Gasteiger partial charge is 0.281 e. The van der Waals surface area contributed by atoms with Crippen LogP contribution in [0.4, 0.5) is 0 Å². The summed E-state index contributed by atoms with van der Waals surface area (Å²) < 4.78 is 30.3. The van der Waals surface area contributed by atoms with Crippen LogP contribution < -0.4 is 0 Å². The van der Waals surface area contributed by atoms with Gasteiger partial charge in [0.15, 0.2) is 5.82 Å². The van der Waals surface area contributed by atoms with Crippen molar-refractivity contribution >= 4 is 21.8 Å². The zero-order chi connectivity index (χ0) is 19.2. The Labute approximate surface area is 165 Å². The molecule has 9 heteroatoms. The summed E-state index contributed by atoms with van der Waals surface area (Å²) in [6, 6.07) is 5.63. The quantitative estimate of drug-likeness (QED) is 0.780. The number of hydrogen-bond acceptors (Lipinski definition) is 4. The molecule has 1 aromatic heterocycles. The Balaban J connectivity index is 1.86. The van der Waals surface area contributed by atoms with Crippen LogP contribution >= 0.6 is 11.6 Å². The lowest BCUT2D eigenvalue weighted by Crippen LogP contribution is -2.39. The molecule has 1 fully saturated rings. The molecule has 7 nitrogen and oxygen atoms in total. The lowest BCUT2D eigenvalue weighted by atomic mass is 9.88. The van der Waals surface area contributed by atoms with Gasteiger partial charge in [-0.25, -0.2) is 0 Å². The van der Waals surface area contributed by atoms with E-state index in [0.717, 1.165) is 29.9 Å². The largest absolute Gasteiger partial charge is 0.282 e. The van der Waals surface area contributed by atoms with Gasteiger partial charge in [0.25, 0.3) is 10.2 Å². The van der Waals surface area contributed by atoms with Gasteiger partial charge in [-0.05, 0) is 36.6 Å². The van der Waals surface area contributed by atoms with Crippen LogP contribution in [-0.2, 0) is 23.3 Å². The van der Waals surface area contributed by atoms with Gasteiger partial charge in [-0.1, -0.05) is 30.9 Å². The van der Waals surface area contributed by atoms with E-state index in [9.17, 15) is 8.42 Å². The molecule has 1 aromatic carbocycles. The van der Waals surface area contributed by atoms with Crippen LogP contribution in [0.5, 0.6) is 0 Å². The predicted octanol–water partition coefficient (Wildman–Crippen LogP) is 3.09. The molecular weight excluding hydrogens is 386 g/mol. The van der Waals surface area contributed by atoms with Gasteiger partial charge in [0.1, 0.15) is 5.82 Å². The molecule has 0 bridgehead atoms. The summed E-state index contributed by atoms with van der Waals surface area (Å²) in [7, 11) is -0.517. The molecule has 0 unspecified atom stereocenters. The second-order valence-electron chi connectivity index (χ2n) is 7.48. The van der Waals surface area contributed by atoms with Crippen LogP contribution in [0.1, 0.15) is 55.2 Å². The number of aromatic nitrogens is 3. The maximum Gasteiger partial charge on any atom is 0.282 e. The van der Waals surface area contributed by atoms with Crippen LogP contribution in [0.2, 0.25) is 5.02 Å². The van der Waals surface area contributed by atoms with E-state index in [-0.39, 0.29) is 13.1 Å². The summed E-state index contributed by atoms with van der Waals surface area (Å²) in [4.78, 5) is 0. The molecule has 2 aliphatic rings. The van der Waals surface area contributed by atoms with Gasteiger partial charge in [0.05, 0.1) is 12.2 Å². The van der Waals surface area contributed by atoms with E-state index in [2.05, 4.69) is 14.8 Å². The van der Waals surface area contributed by atoms with Crippen molar-refractivity contribution in [3.8, 4) is 5.69 Å². The third kappa shape index (κ3) is 3.40. The number of fused-ring (bicyclic) bond motifs is 3. The van der Waals surface area contributed by atoms with Crippen LogP contribution in [0, 0.1) is 0 Å². The molecule has 2 heterocycles. The lowest BCUT2D eigenvalue weighted by molar-refractivity contribution is 0.361. The van der Waals surface area contributed by atoms with Crippen LogP contribution in [0.15, 0.2) is 18.2 Å². The summed E-state index contributed by atoms with van der Waals surface area (Å²) in [5, 5.41) is 9.47. The number of benzene rings is 1. The van der Waals surface area contributed by atoms with Gasteiger partial charge in [0.2, 0.25) is 0 Å². The van der Waals surface area contributed by atoms with Crippen molar-refractivity contribution in [1.29, 1.82) is 0 Å². The third-order valence-electron chi connectivity index (χ3n) is 5.46. The highest BCUT2D eigenvalue weighted by Crippen LogP contribution is 2.36. The number of halogens is 1. The molecule has 0 N–H and O–H groups in total. The summed E-state index contributed by atoms with van der Waals surface area (Å²) >= 11 is 6.23. The lowest BCUT2D eigenvalue weighted by Gasteiger charge is -2.23. The Morgan fingerprint density at radius 1 is 1.11 bits per heavy atom. The fourth-order valence-corrected chi connectivity index (χ4v) is 5.25. The van der Waals surface area contributed by atoms with Gasteiger partial charge in [-0.3, -0.25) is 4.57 Å². The minimum atomic E-state index is -3.59. The van der Waals surface area contributed by atoms with Crippen molar-refractivity contribution in [1.82, 2.24) is 23.4 Å². The minimum Gasteiger partial charge on any atom is -0.281 e. The van der Waals surface area contributed by atoms with E-state index in [0.29, 0.717) is 16.8 Å². The standard InChI is InChI=1S/C18H24ClN5O2S/c1-22(2)27(25,26)23-11-14-10-15(19)8-9-16(14)24-17(12-23)20-21-18(24)13-6-4-3-5-7-13/h8-10,13H,3-7,11-12H2,1-2H3. The Morgan fingerprint density at radius 3 is 2.56 bits per heavy atom. The van der Waals surface area contributed by atoms with E-state index in [1.54, 1.807) is 0 Å². The maximum atomic E-state index is 12.8. The molecule has 4 rings (SSSR count). The first-order chi connectivity index (χ1) is 12.9. The summed E-state index contributed by atoms with van der Waals surface area (Å²) in [5.41, 5.74) is 1.79.